The second-order valence-corrected chi connectivity index (χ2v) is 4.97. The lowest BCUT2D eigenvalue weighted by Gasteiger charge is -2.40. The van der Waals surface area contributed by atoms with E-state index in [4.69, 9.17) is 4.74 Å². The van der Waals surface area contributed by atoms with Gasteiger partial charge >= 0.3 is 0 Å². The SMILES string of the molecule is CC1CC(C)(C)NC(c2ccccc2)O1. The molecule has 2 heteroatoms. The molecule has 1 aromatic carbocycles. The highest BCUT2D eigenvalue weighted by molar-refractivity contribution is 5.18. The molecule has 2 atom stereocenters. The van der Waals surface area contributed by atoms with Crippen LogP contribution in [-0.4, -0.2) is 11.6 Å². The summed E-state index contributed by atoms with van der Waals surface area (Å²) in [6, 6.07) is 10.3. The normalized spacial score (nSPS) is 30.1. The van der Waals surface area contributed by atoms with E-state index in [1.807, 2.05) is 18.2 Å². The Morgan fingerprint density at radius 3 is 2.53 bits per heavy atom. The van der Waals surface area contributed by atoms with Crippen LogP contribution in [0, 0.1) is 0 Å². The summed E-state index contributed by atoms with van der Waals surface area (Å²) in [5.74, 6) is 0. The van der Waals surface area contributed by atoms with E-state index < -0.39 is 0 Å². The Balaban J connectivity index is 2.17. The Kier molecular flexibility index (Phi) is 2.81. The molecule has 2 rings (SSSR count). The number of benzene rings is 1. The third-order valence-electron chi connectivity index (χ3n) is 2.79. The molecule has 1 heterocycles. The third-order valence-corrected chi connectivity index (χ3v) is 2.79. The van der Waals surface area contributed by atoms with E-state index in [0.717, 1.165) is 6.42 Å². The lowest BCUT2D eigenvalue weighted by Crippen LogP contribution is -2.50. The van der Waals surface area contributed by atoms with Crippen LogP contribution in [0.15, 0.2) is 30.3 Å². The Morgan fingerprint density at radius 2 is 1.93 bits per heavy atom. The van der Waals surface area contributed by atoms with Crippen molar-refractivity contribution in [1.29, 1.82) is 0 Å². The molecule has 0 radical (unpaired) electrons. The molecule has 1 aliphatic heterocycles. The van der Waals surface area contributed by atoms with E-state index in [2.05, 4.69) is 38.2 Å². The zero-order chi connectivity index (χ0) is 10.9. The molecule has 1 saturated heterocycles. The Labute approximate surface area is 91.6 Å². The molecule has 0 aliphatic carbocycles. The van der Waals surface area contributed by atoms with Crippen molar-refractivity contribution in [2.45, 2.75) is 45.1 Å². The quantitative estimate of drug-likeness (QED) is 0.761. The van der Waals surface area contributed by atoms with Crippen LogP contribution in [0.2, 0.25) is 0 Å². The van der Waals surface area contributed by atoms with E-state index in [1.165, 1.54) is 5.56 Å². The molecular weight excluding hydrogens is 186 g/mol. The largest absolute Gasteiger partial charge is 0.356 e. The Morgan fingerprint density at radius 1 is 1.27 bits per heavy atom. The van der Waals surface area contributed by atoms with Crippen LogP contribution in [0.3, 0.4) is 0 Å². The summed E-state index contributed by atoms with van der Waals surface area (Å²) in [4.78, 5) is 0. The molecule has 2 nitrogen and oxygen atoms in total. The maximum absolute atomic E-state index is 5.90. The zero-order valence-electron chi connectivity index (χ0n) is 9.66. The molecule has 0 saturated carbocycles. The fraction of sp³-hybridized carbons (Fsp3) is 0.538. The van der Waals surface area contributed by atoms with Gasteiger partial charge in [-0.2, -0.15) is 0 Å². The van der Waals surface area contributed by atoms with Crippen LogP contribution in [0.1, 0.15) is 39.0 Å². The number of hydrogen-bond donors (Lipinski definition) is 1. The van der Waals surface area contributed by atoms with Gasteiger partial charge in [0.25, 0.3) is 0 Å². The second-order valence-electron chi connectivity index (χ2n) is 4.97. The van der Waals surface area contributed by atoms with Crippen LogP contribution in [0.5, 0.6) is 0 Å². The minimum absolute atomic E-state index is 0.0324. The van der Waals surface area contributed by atoms with Gasteiger partial charge in [-0.1, -0.05) is 30.3 Å². The van der Waals surface area contributed by atoms with Gasteiger partial charge in [-0.3, -0.25) is 5.32 Å². The number of nitrogens with one attached hydrogen (secondary N) is 1. The second kappa shape index (κ2) is 3.95. The molecule has 0 spiro atoms. The Hall–Kier alpha value is -0.860. The number of rotatable bonds is 1. The van der Waals surface area contributed by atoms with Crippen molar-refractivity contribution in [3.8, 4) is 0 Å². The summed E-state index contributed by atoms with van der Waals surface area (Å²) in [5, 5.41) is 3.52. The van der Waals surface area contributed by atoms with Gasteiger partial charge in [0.15, 0.2) is 0 Å². The van der Waals surface area contributed by atoms with Gasteiger partial charge in [0.2, 0.25) is 0 Å². The first-order valence-electron chi connectivity index (χ1n) is 5.55. The molecule has 2 unspecified atom stereocenters. The summed E-state index contributed by atoms with van der Waals surface area (Å²) in [7, 11) is 0. The van der Waals surface area contributed by atoms with Gasteiger partial charge in [0, 0.05) is 5.54 Å². The van der Waals surface area contributed by atoms with Crippen molar-refractivity contribution in [3.05, 3.63) is 35.9 Å². The molecule has 1 aliphatic rings. The highest BCUT2D eigenvalue weighted by Gasteiger charge is 2.32. The van der Waals surface area contributed by atoms with E-state index in [1.54, 1.807) is 0 Å². The van der Waals surface area contributed by atoms with Crippen LogP contribution in [0.25, 0.3) is 0 Å². The first kappa shape index (κ1) is 10.7. The van der Waals surface area contributed by atoms with E-state index in [-0.39, 0.29) is 11.8 Å². The first-order chi connectivity index (χ1) is 7.07. The summed E-state index contributed by atoms with van der Waals surface area (Å²) in [6.45, 7) is 6.59. The molecule has 1 fully saturated rings. The Bertz CT molecular complexity index is 321. The smallest absolute Gasteiger partial charge is 0.135 e. The van der Waals surface area contributed by atoms with Gasteiger partial charge in [-0.05, 0) is 32.8 Å². The van der Waals surface area contributed by atoms with Crippen LogP contribution in [-0.2, 0) is 4.74 Å². The van der Waals surface area contributed by atoms with Gasteiger partial charge in [-0.15, -0.1) is 0 Å². The molecule has 1 aromatic rings. The number of hydrogen-bond acceptors (Lipinski definition) is 2. The minimum atomic E-state index is 0.0324. The van der Waals surface area contributed by atoms with Crippen LogP contribution >= 0.6 is 0 Å². The fourth-order valence-corrected chi connectivity index (χ4v) is 2.24. The van der Waals surface area contributed by atoms with Crippen molar-refractivity contribution < 1.29 is 4.74 Å². The molecule has 0 amide bonds. The average Bonchev–Trinajstić information content (AvgIpc) is 2.16. The van der Waals surface area contributed by atoms with Crippen molar-refractivity contribution in [2.75, 3.05) is 0 Å². The topological polar surface area (TPSA) is 21.3 Å². The fourth-order valence-electron chi connectivity index (χ4n) is 2.24. The summed E-state index contributed by atoms with van der Waals surface area (Å²) < 4.78 is 5.90. The van der Waals surface area contributed by atoms with E-state index in [0.29, 0.717) is 6.10 Å². The number of ether oxygens (including phenoxy) is 1. The predicted octanol–water partition coefficient (Wildman–Crippen LogP) is 2.86. The highest BCUT2D eigenvalue weighted by Crippen LogP contribution is 2.28. The minimum Gasteiger partial charge on any atom is -0.356 e. The molecule has 0 bridgehead atoms. The monoisotopic (exact) mass is 205 g/mol. The van der Waals surface area contributed by atoms with Gasteiger partial charge in [0.1, 0.15) is 6.23 Å². The maximum Gasteiger partial charge on any atom is 0.135 e. The third kappa shape index (κ3) is 2.58. The van der Waals surface area contributed by atoms with E-state index >= 15 is 0 Å². The van der Waals surface area contributed by atoms with Crippen molar-refractivity contribution in [3.63, 3.8) is 0 Å². The summed E-state index contributed by atoms with van der Waals surface area (Å²) in [6.07, 6.45) is 1.40. The zero-order valence-corrected chi connectivity index (χ0v) is 9.66. The van der Waals surface area contributed by atoms with Gasteiger partial charge in [-0.25, -0.2) is 0 Å². The lowest BCUT2D eigenvalue weighted by molar-refractivity contribution is -0.0896. The van der Waals surface area contributed by atoms with Gasteiger partial charge < -0.3 is 4.74 Å². The molecule has 0 aromatic heterocycles. The van der Waals surface area contributed by atoms with Crippen molar-refractivity contribution >= 4 is 0 Å². The highest BCUT2D eigenvalue weighted by atomic mass is 16.5. The van der Waals surface area contributed by atoms with Crippen LogP contribution < -0.4 is 5.32 Å². The summed E-state index contributed by atoms with van der Waals surface area (Å²) >= 11 is 0. The standard InChI is InChI=1S/C13H19NO/c1-10-9-13(2,3)14-12(15-10)11-7-5-4-6-8-11/h4-8,10,12,14H,9H2,1-3H3. The molecule has 1 N–H and O–H groups in total. The predicted molar refractivity (Wildman–Crippen MR) is 61.6 cm³/mol. The van der Waals surface area contributed by atoms with Crippen molar-refractivity contribution in [2.24, 2.45) is 0 Å². The summed E-state index contributed by atoms with van der Waals surface area (Å²) in [5.41, 5.74) is 1.36. The van der Waals surface area contributed by atoms with E-state index in [9.17, 15) is 0 Å². The average molecular weight is 205 g/mol. The van der Waals surface area contributed by atoms with Gasteiger partial charge in [0.05, 0.1) is 6.10 Å². The van der Waals surface area contributed by atoms with Crippen molar-refractivity contribution in [1.82, 2.24) is 5.32 Å². The molecule has 15 heavy (non-hydrogen) atoms. The first-order valence-corrected chi connectivity index (χ1v) is 5.55. The molecular formula is C13H19NO. The maximum atomic E-state index is 5.90. The van der Waals surface area contributed by atoms with Crippen LogP contribution in [0.4, 0.5) is 0 Å². The molecule has 82 valence electrons. The lowest BCUT2D eigenvalue weighted by atomic mass is 9.94.